The van der Waals surface area contributed by atoms with Crippen molar-refractivity contribution in [1.29, 1.82) is 5.26 Å². The molecule has 0 saturated heterocycles. The fraction of sp³-hybridized carbons (Fsp3) is 0.276. The number of nitrogens with zero attached hydrogens (tertiary/aromatic N) is 7. The molecule has 5 aromatic rings. The van der Waals surface area contributed by atoms with Crippen LogP contribution >= 0.6 is 0 Å². The maximum Gasteiger partial charge on any atom is 0.160 e. The molecule has 0 atom stereocenters. The number of pyridine rings is 1. The van der Waals surface area contributed by atoms with Crippen LogP contribution in [0.2, 0.25) is 0 Å². The minimum atomic E-state index is 0.549. The molecule has 0 unspecified atom stereocenters. The molecule has 0 spiro atoms. The normalized spacial score (nSPS) is 13.3. The molecule has 0 radical (unpaired) electrons. The fourth-order valence-corrected chi connectivity index (χ4v) is 4.84. The van der Waals surface area contributed by atoms with Gasteiger partial charge in [-0.25, -0.2) is 14.6 Å². The zero-order valence-corrected chi connectivity index (χ0v) is 20.7. The molecule has 3 heterocycles. The van der Waals surface area contributed by atoms with Crippen LogP contribution in [0, 0.1) is 25.2 Å². The standard InChI is InChI=1S/C29H27N7/c1-4-27-32-28-18(2)13-19(3)31-29(28)35(27)16-20-5-7-21(8-6-20)25-14-24(12-11-23(25)15-30)36-17-26(33-34-36)22-9-10-22/h5-8,11-14,17,22H,4,9-10,16H2,1-3H3. The Morgan fingerprint density at radius 2 is 1.83 bits per heavy atom. The van der Waals surface area contributed by atoms with E-state index in [1.165, 1.54) is 12.8 Å². The van der Waals surface area contributed by atoms with E-state index in [1.54, 1.807) is 4.68 Å². The summed E-state index contributed by atoms with van der Waals surface area (Å²) in [6, 6.07) is 18.6. The highest BCUT2D eigenvalue weighted by molar-refractivity contribution is 5.76. The van der Waals surface area contributed by atoms with Crippen molar-refractivity contribution in [2.75, 3.05) is 0 Å². The van der Waals surface area contributed by atoms with E-state index in [4.69, 9.17) is 9.97 Å². The van der Waals surface area contributed by atoms with Crippen molar-refractivity contribution in [3.8, 4) is 22.9 Å². The van der Waals surface area contributed by atoms with Crippen LogP contribution in [-0.2, 0) is 13.0 Å². The monoisotopic (exact) mass is 473 g/mol. The van der Waals surface area contributed by atoms with Gasteiger partial charge in [-0.15, -0.1) is 5.10 Å². The van der Waals surface area contributed by atoms with Gasteiger partial charge in [-0.05, 0) is 67.6 Å². The molecule has 0 bridgehead atoms. The first-order valence-electron chi connectivity index (χ1n) is 12.4. The van der Waals surface area contributed by atoms with Gasteiger partial charge in [0.25, 0.3) is 0 Å². The third-order valence-electron chi connectivity index (χ3n) is 6.92. The number of nitriles is 1. The van der Waals surface area contributed by atoms with E-state index in [9.17, 15) is 5.26 Å². The van der Waals surface area contributed by atoms with Crippen molar-refractivity contribution in [1.82, 2.24) is 29.5 Å². The van der Waals surface area contributed by atoms with E-state index in [0.717, 1.165) is 62.7 Å². The van der Waals surface area contributed by atoms with Crippen molar-refractivity contribution in [2.45, 2.75) is 52.5 Å². The lowest BCUT2D eigenvalue weighted by Gasteiger charge is -2.11. The van der Waals surface area contributed by atoms with E-state index >= 15 is 0 Å². The molecule has 3 aromatic heterocycles. The topological polar surface area (TPSA) is 85.2 Å². The van der Waals surface area contributed by atoms with Gasteiger partial charge < -0.3 is 4.57 Å². The first-order chi connectivity index (χ1) is 17.5. The van der Waals surface area contributed by atoms with Gasteiger partial charge in [-0.3, -0.25) is 0 Å². The molecule has 1 aliphatic carbocycles. The second-order valence-electron chi connectivity index (χ2n) is 9.62. The van der Waals surface area contributed by atoms with Crippen molar-refractivity contribution >= 4 is 11.2 Å². The molecule has 0 N–H and O–H groups in total. The number of imidazole rings is 1. The third kappa shape index (κ3) is 3.95. The van der Waals surface area contributed by atoms with Crippen molar-refractivity contribution in [3.05, 3.63) is 88.6 Å². The molecule has 1 saturated carbocycles. The lowest BCUT2D eigenvalue weighted by atomic mass is 9.98. The Kier molecular flexibility index (Phi) is 5.37. The summed E-state index contributed by atoms with van der Waals surface area (Å²) < 4.78 is 4.02. The van der Waals surface area contributed by atoms with Crippen LogP contribution in [0.3, 0.4) is 0 Å². The number of rotatable bonds is 6. The van der Waals surface area contributed by atoms with E-state index in [0.29, 0.717) is 18.0 Å². The average molecular weight is 474 g/mol. The van der Waals surface area contributed by atoms with Crippen LogP contribution in [0.4, 0.5) is 0 Å². The Morgan fingerprint density at radius 3 is 2.56 bits per heavy atom. The molecule has 1 aliphatic rings. The molecule has 1 fully saturated rings. The minimum absolute atomic E-state index is 0.549. The first-order valence-corrected chi connectivity index (χ1v) is 12.4. The van der Waals surface area contributed by atoms with Crippen LogP contribution < -0.4 is 0 Å². The van der Waals surface area contributed by atoms with Crippen LogP contribution in [-0.4, -0.2) is 29.5 Å². The summed E-state index contributed by atoms with van der Waals surface area (Å²) in [4.78, 5) is 9.66. The predicted octanol–water partition coefficient (Wildman–Crippen LogP) is 5.66. The van der Waals surface area contributed by atoms with Crippen molar-refractivity contribution in [2.24, 2.45) is 0 Å². The Labute approximate surface area is 210 Å². The van der Waals surface area contributed by atoms with Gasteiger partial charge in [-0.1, -0.05) is 36.4 Å². The molecule has 2 aromatic carbocycles. The number of aromatic nitrogens is 6. The van der Waals surface area contributed by atoms with Crippen LogP contribution in [0.5, 0.6) is 0 Å². The Morgan fingerprint density at radius 1 is 1.03 bits per heavy atom. The number of benzene rings is 2. The minimum Gasteiger partial charge on any atom is -0.308 e. The number of hydrogen-bond donors (Lipinski definition) is 0. The summed E-state index contributed by atoms with van der Waals surface area (Å²) in [5.74, 6) is 1.58. The van der Waals surface area contributed by atoms with Gasteiger partial charge >= 0.3 is 0 Å². The van der Waals surface area contributed by atoms with Gasteiger partial charge in [0.15, 0.2) is 5.65 Å². The fourth-order valence-electron chi connectivity index (χ4n) is 4.84. The molecule has 178 valence electrons. The van der Waals surface area contributed by atoms with Crippen molar-refractivity contribution in [3.63, 3.8) is 0 Å². The Hall–Kier alpha value is -4.31. The quantitative estimate of drug-likeness (QED) is 0.318. The predicted molar refractivity (Wildman–Crippen MR) is 139 cm³/mol. The molecule has 7 nitrogen and oxygen atoms in total. The first kappa shape index (κ1) is 22.2. The van der Waals surface area contributed by atoms with E-state index in [-0.39, 0.29) is 0 Å². The zero-order chi connectivity index (χ0) is 24.8. The highest BCUT2D eigenvalue weighted by Crippen LogP contribution is 2.39. The number of fused-ring (bicyclic) bond motifs is 1. The summed E-state index contributed by atoms with van der Waals surface area (Å²) in [6.45, 7) is 6.94. The lowest BCUT2D eigenvalue weighted by molar-refractivity contribution is 0.745. The number of aryl methyl sites for hydroxylation is 3. The lowest BCUT2D eigenvalue weighted by Crippen LogP contribution is -2.05. The molecule has 36 heavy (non-hydrogen) atoms. The average Bonchev–Trinajstić information content (AvgIpc) is 3.52. The van der Waals surface area contributed by atoms with Crippen molar-refractivity contribution < 1.29 is 0 Å². The van der Waals surface area contributed by atoms with Gasteiger partial charge in [0.1, 0.15) is 11.3 Å². The summed E-state index contributed by atoms with van der Waals surface area (Å²) in [5.41, 5.74) is 9.70. The molecule has 7 heteroatoms. The molecular formula is C29H27N7. The molecule has 6 rings (SSSR count). The highest BCUT2D eigenvalue weighted by Gasteiger charge is 2.26. The van der Waals surface area contributed by atoms with Crippen LogP contribution in [0.15, 0.2) is 54.7 Å². The van der Waals surface area contributed by atoms with Crippen LogP contribution in [0.25, 0.3) is 28.0 Å². The largest absolute Gasteiger partial charge is 0.308 e. The molecule has 0 amide bonds. The Balaban J connectivity index is 1.33. The Bertz CT molecular complexity index is 1630. The third-order valence-corrected chi connectivity index (χ3v) is 6.92. The second kappa shape index (κ2) is 8.72. The summed E-state index contributed by atoms with van der Waals surface area (Å²) in [7, 11) is 0. The summed E-state index contributed by atoms with van der Waals surface area (Å²) in [5, 5.41) is 18.4. The van der Waals surface area contributed by atoms with Gasteiger partial charge in [0, 0.05) is 23.6 Å². The van der Waals surface area contributed by atoms with Gasteiger partial charge in [0.2, 0.25) is 0 Å². The van der Waals surface area contributed by atoms with E-state index in [1.807, 2.05) is 31.3 Å². The van der Waals surface area contributed by atoms with E-state index < -0.39 is 0 Å². The van der Waals surface area contributed by atoms with Gasteiger partial charge in [-0.2, -0.15) is 5.26 Å². The molecule has 0 aliphatic heterocycles. The summed E-state index contributed by atoms with van der Waals surface area (Å²) >= 11 is 0. The maximum absolute atomic E-state index is 9.75. The van der Waals surface area contributed by atoms with E-state index in [2.05, 4.69) is 65.1 Å². The highest BCUT2D eigenvalue weighted by atomic mass is 15.4. The summed E-state index contributed by atoms with van der Waals surface area (Å²) in [6.07, 6.45) is 5.22. The maximum atomic E-state index is 9.75. The smallest absolute Gasteiger partial charge is 0.160 e. The van der Waals surface area contributed by atoms with Crippen LogP contribution in [0.1, 0.15) is 59.6 Å². The second-order valence-corrected chi connectivity index (χ2v) is 9.62. The SMILES string of the molecule is CCc1nc2c(C)cc(C)nc2n1Cc1ccc(-c2cc(-n3cc(C4CC4)nn3)ccc2C#N)cc1. The van der Waals surface area contributed by atoms with Gasteiger partial charge in [0.05, 0.1) is 35.8 Å². The zero-order valence-electron chi connectivity index (χ0n) is 20.7. The molecular weight excluding hydrogens is 446 g/mol. The number of hydrogen-bond acceptors (Lipinski definition) is 5.